The topological polar surface area (TPSA) is 116 Å². The normalized spacial score (nSPS) is 11.5. The number of carbonyl (C=O) groups is 1. The first-order chi connectivity index (χ1) is 13.6. The highest BCUT2D eigenvalue weighted by molar-refractivity contribution is 6.31. The fourth-order valence-electron chi connectivity index (χ4n) is 2.46. The Morgan fingerprint density at radius 2 is 2.14 bits per heavy atom. The molecule has 9 nitrogen and oxygen atoms in total. The number of rotatable bonds is 5. The molecule has 0 spiro atoms. The van der Waals surface area contributed by atoms with Gasteiger partial charge in [0.1, 0.15) is 18.2 Å². The minimum absolute atomic E-state index is 0.0691. The first-order valence-corrected chi connectivity index (χ1v) is 8.24. The molecule has 0 aliphatic rings. The average Bonchev–Trinajstić information content (AvgIpc) is 3.24. The molecule has 0 radical (unpaired) electrons. The number of alkyl halides is 3. The van der Waals surface area contributed by atoms with Gasteiger partial charge in [0.2, 0.25) is 0 Å². The maximum absolute atomic E-state index is 13.0. The molecule has 29 heavy (non-hydrogen) atoms. The second-order valence-electron chi connectivity index (χ2n) is 5.87. The molecule has 13 heteroatoms. The van der Waals surface area contributed by atoms with E-state index >= 15 is 0 Å². The minimum Gasteiger partial charge on any atom is -0.361 e. The van der Waals surface area contributed by atoms with Crippen molar-refractivity contribution >= 4 is 28.9 Å². The van der Waals surface area contributed by atoms with Crippen LogP contribution in [0.5, 0.6) is 0 Å². The quantitative estimate of drug-likeness (QED) is 0.483. The van der Waals surface area contributed by atoms with Gasteiger partial charge in [-0.1, -0.05) is 16.8 Å². The van der Waals surface area contributed by atoms with Gasteiger partial charge in [-0.25, -0.2) is 0 Å². The van der Waals surface area contributed by atoms with Gasteiger partial charge in [0.05, 0.1) is 22.1 Å². The molecule has 0 aliphatic heterocycles. The number of nitrogens with one attached hydrogen (secondary N) is 1. The average molecular weight is 430 g/mol. The molecule has 1 N–H and O–H groups in total. The lowest BCUT2D eigenvalue weighted by Gasteiger charge is -2.11. The highest BCUT2D eigenvalue weighted by Crippen LogP contribution is 2.36. The first-order valence-electron chi connectivity index (χ1n) is 7.86. The summed E-state index contributed by atoms with van der Waals surface area (Å²) in [5, 5.41) is 20.0. The van der Waals surface area contributed by atoms with Crippen molar-refractivity contribution in [3.05, 3.63) is 68.3 Å². The molecule has 0 bridgehead atoms. The van der Waals surface area contributed by atoms with Crippen LogP contribution >= 0.6 is 11.6 Å². The number of aromatic nitrogens is 3. The molecule has 1 amide bonds. The van der Waals surface area contributed by atoms with Crippen molar-refractivity contribution in [3.8, 4) is 0 Å². The molecule has 0 unspecified atom stereocenters. The Morgan fingerprint density at radius 1 is 1.41 bits per heavy atom. The van der Waals surface area contributed by atoms with E-state index in [2.05, 4.69) is 15.6 Å². The van der Waals surface area contributed by atoms with Crippen LogP contribution in [0, 0.1) is 17.0 Å². The highest BCUT2D eigenvalue weighted by Gasteiger charge is 2.33. The van der Waals surface area contributed by atoms with Crippen molar-refractivity contribution in [1.82, 2.24) is 14.9 Å². The third-order valence-corrected chi connectivity index (χ3v) is 4.21. The van der Waals surface area contributed by atoms with Crippen LogP contribution in [0.15, 0.2) is 35.1 Å². The number of hydrogen-bond acceptors (Lipinski definition) is 6. The van der Waals surface area contributed by atoms with Crippen molar-refractivity contribution in [2.24, 2.45) is 0 Å². The van der Waals surface area contributed by atoms with Crippen LogP contribution in [0.1, 0.15) is 27.4 Å². The van der Waals surface area contributed by atoms with Crippen LogP contribution in [0.2, 0.25) is 5.02 Å². The minimum atomic E-state index is -4.69. The van der Waals surface area contributed by atoms with Gasteiger partial charge in [-0.2, -0.15) is 18.3 Å². The zero-order valence-electron chi connectivity index (χ0n) is 14.5. The number of nitrogens with zero attached hydrogens (tertiary/aromatic N) is 4. The summed E-state index contributed by atoms with van der Waals surface area (Å²) in [6.07, 6.45) is -2.50. The number of nitro groups is 1. The maximum atomic E-state index is 13.0. The zero-order valence-corrected chi connectivity index (χ0v) is 15.3. The molecular formula is C16H11ClF3N5O4. The van der Waals surface area contributed by atoms with Crippen molar-refractivity contribution in [2.45, 2.75) is 19.6 Å². The van der Waals surface area contributed by atoms with E-state index in [1.54, 1.807) is 0 Å². The summed E-state index contributed by atoms with van der Waals surface area (Å²) < 4.78 is 45.1. The predicted octanol–water partition coefficient (Wildman–Crippen LogP) is 4.06. The van der Waals surface area contributed by atoms with Crippen molar-refractivity contribution in [1.29, 1.82) is 0 Å². The van der Waals surface area contributed by atoms with Crippen LogP contribution < -0.4 is 5.32 Å². The zero-order chi connectivity index (χ0) is 21.3. The Kier molecular flexibility index (Phi) is 5.29. The Morgan fingerprint density at radius 3 is 2.76 bits per heavy atom. The Hall–Kier alpha value is -3.41. The summed E-state index contributed by atoms with van der Waals surface area (Å²) in [7, 11) is 0. The lowest BCUT2D eigenvalue weighted by Crippen LogP contribution is -2.16. The summed E-state index contributed by atoms with van der Waals surface area (Å²) in [5.41, 5.74) is -1.41. The van der Waals surface area contributed by atoms with Crippen molar-refractivity contribution in [3.63, 3.8) is 0 Å². The third kappa shape index (κ3) is 4.37. The van der Waals surface area contributed by atoms with Gasteiger partial charge in [0.25, 0.3) is 5.91 Å². The van der Waals surface area contributed by atoms with Crippen LogP contribution in [0.3, 0.4) is 0 Å². The molecular weight excluding hydrogens is 419 g/mol. The second kappa shape index (κ2) is 7.54. The van der Waals surface area contributed by atoms with Gasteiger partial charge < -0.3 is 9.84 Å². The Labute approximate surface area is 165 Å². The fraction of sp³-hybridized carbons (Fsp3) is 0.188. The van der Waals surface area contributed by atoms with E-state index in [1.807, 2.05) is 0 Å². The molecule has 152 valence electrons. The van der Waals surface area contributed by atoms with Gasteiger partial charge >= 0.3 is 11.9 Å². The molecule has 3 rings (SSSR count). The number of amides is 1. The first kappa shape index (κ1) is 20.3. The lowest BCUT2D eigenvalue weighted by atomic mass is 10.1. The lowest BCUT2D eigenvalue weighted by molar-refractivity contribution is -0.385. The van der Waals surface area contributed by atoms with E-state index in [0.29, 0.717) is 6.07 Å². The Balaban J connectivity index is 1.85. The van der Waals surface area contributed by atoms with E-state index in [-0.39, 0.29) is 34.9 Å². The van der Waals surface area contributed by atoms with E-state index in [1.165, 1.54) is 17.7 Å². The monoisotopic (exact) mass is 429 g/mol. The Bertz CT molecular complexity index is 1090. The molecule has 0 atom stereocenters. The molecule has 0 saturated carbocycles. The van der Waals surface area contributed by atoms with Crippen molar-refractivity contribution < 1.29 is 27.4 Å². The number of aryl methyl sites for hydroxylation is 1. The molecule has 0 aliphatic carbocycles. The molecule has 1 aromatic carbocycles. The van der Waals surface area contributed by atoms with E-state index in [9.17, 15) is 28.1 Å². The summed E-state index contributed by atoms with van der Waals surface area (Å²) in [6, 6.07) is 2.92. The summed E-state index contributed by atoms with van der Waals surface area (Å²) in [6.45, 7) is 1.45. The predicted molar refractivity (Wildman–Crippen MR) is 93.6 cm³/mol. The van der Waals surface area contributed by atoms with Gasteiger partial charge in [-0.05, 0) is 25.1 Å². The van der Waals surface area contributed by atoms with E-state index in [0.717, 1.165) is 18.5 Å². The van der Waals surface area contributed by atoms with E-state index in [4.69, 9.17) is 16.1 Å². The molecule has 2 aromatic heterocycles. The van der Waals surface area contributed by atoms with E-state index < -0.39 is 27.6 Å². The number of anilines is 1. The van der Waals surface area contributed by atoms with Crippen LogP contribution in [0.25, 0.3) is 0 Å². The number of halogens is 4. The standard InChI is InChI=1S/C16H11ClF3N5O4/c1-8-11(7-24-6-10(5-21-24)25(27)28)14(23-29-8)15(26)22-9-2-3-13(17)12(4-9)16(18,19)20/h2-6H,7H2,1H3,(H,22,26). The molecule has 3 aromatic rings. The smallest absolute Gasteiger partial charge is 0.361 e. The van der Waals surface area contributed by atoms with Gasteiger partial charge in [0.15, 0.2) is 5.69 Å². The highest BCUT2D eigenvalue weighted by atomic mass is 35.5. The summed E-state index contributed by atoms with van der Waals surface area (Å²) in [4.78, 5) is 22.6. The van der Waals surface area contributed by atoms with Crippen LogP contribution in [-0.2, 0) is 12.7 Å². The summed E-state index contributed by atoms with van der Waals surface area (Å²) >= 11 is 5.56. The largest absolute Gasteiger partial charge is 0.417 e. The van der Waals surface area contributed by atoms with Gasteiger partial charge in [-0.15, -0.1) is 0 Å². The molecule has 2 heterocycles. The number of benzene rings is 1. The number of carbonyl (C=O) groups excluding carboxylic acids is 1. The SMILES string of the molecule is Cc1onc(C(=O)Nc2ccc(Cl)c(C(F)(F)F)c2)c1Cn1cc([N+](=O)[O-])cn1. The van der Waals surface area contributed by atoms with Crippen LogP contribution in [-0.4, -0.2) is 25.8 Å². The fourth-order valence-corrected chi connectivity index (χ4v) is 2.69. The van der Waals surface area contributed by atoms with Gasteiger partial charge in [0, 0.05) is 11.3 Å². The summed E-state index contributed by atoms with van der Waals surface area (Å²) in [5.74, 6) is -0.575. The molecule has 0 saturated heterocycles. The van der Waals surface area contributed by atoms with Crippen molar-refractivity contribution in [2.75, 3.05) is 5.32 Å². The maximum Gasteiger partial charge on any atom is 0.417 e. The second-order valence-corrected chi connectivity index (χ2v) is 6.27. The number of hydrogen-bond donors (Lipinski definition) is 1. The third-order valence-electron chi connectivity index (χ3n) is 3.88. The van der Waals surface area contributed by atoms with Crippen LogP contribution in [0.4, 0.5) is 24.5 Å². The van der Waals surface area contributed by atoms with Gasteiger partial charge in [-0.3, -0.25) is 19.6 Å². The molecule has 0 fully saturated rings.